The number of carbonyl (C=O) groups is 1. The molecule has 1 heterocycles. The van der Waals surface area contributed by atoms with Gasteiger partial charge in [0.1, 0.15) is 0 Å². The Morgan fingerprint density at radius 2 is 2.22 bits per heavy atom. The first kappa shape index (κ1) is 15.0. The molecule has 1 aliphatic rings. The van der Waals surface area contributed by atoms with E-state index >= 15 is 0 Å². The topological polar surface area (TPSA) is 44.8 Å². The van der Waals surface area contributed by atoms with Gasteiger partial charge in [-0.2, -0.15) is 0 Å². The molecule has 0 aromatic heterocycles. The van der Waals surface area contributed by atoms with Gasteiger partial charge in [0.2, 0.25) is 0 Å². The monoisotopic (exact) mass is 254 g/mol. The highest BCUT2D eigenvalue weighted by Crippen LogP contribution is 2.14. The fourth-order valence-electron chi connectivity index (χ4n) is 1.74. The molecule has 0 N–H and O–H groups in total. The van der Waals surface area contributed by atoms with Crippen molar-refractivity contribution in [3.05, 3.63) is 0 Å². The van der Waals surface area contributed by atoms with Crippen molar-refractivity contribution in [1.29, 1.82) is 0 Å². The number of rotatable bonds is 6. The molecule has 4 nitrogen and oxygen atoms in total. The van der Waals surface area contributed by atoms with E-state index in [1.54, 1.807) is 0 Å². The molecule has 0 spiro atoms. The molecule has 1 rings (SSSR count). The van der Waals surface area contributed by atoms with Crippen molar-refractivity contribution in [3.63, 3.8) is 0 Å². The van der Waals surface area contributed by atoms with Gasteiger partial charge in [0.05, 0.1) is 7.11 Å². The van der Waals surface area contributed by atoms with Crippen LogP contribution < -0.4 is 0 Å². The second-order valence-electron chi connectivity index (χ2n) is 4.27. The van der Waals surface area contributed by atoms with Crippen LogP contribution in [0.3, 0.4) is 0 Å². The minimum Gasteiger partial charge on any atom is -0.459 e. The largest absolute Gasteiger partial charge is 0.459 e. The number of esters is 1. The van der Waals surface area contributed by atoms with Crippen molar-refractivity contribution < 1.29 is 19.0 Å². The lowest BCUT2D eigenvalue weighted by Gasteiger charge is -2.22. The average Bonchev–Trinajstić information content (AvgIpc) is 2.42. The number of carbonyl (C=O) groups excluding carboxylic acids is 1. The van der Waals surface area contributed by atoms with Crippen LogP contribution in [0.2, 0.25) is 0 Å². The quantitative estimate of drug-likeness (QED) is 0.316. The molecule has 4 heteroatoms. The van der Waals surface area contributed by atoms with Gasteiger partial charge in [-0.3, -0.25) is 0 Å². The third kappa shape index (κ3) is 7.31. The zero-order valence-corrected chi connectivity index (χ0v) is 11.1. The summed E-state index contributed by atoms with van der Waals surface area (Å²) >= 11 is 0. The second kappa shape index (κ2) is 9.93. The maximum Gasteiger partial charge on any atom is 0.384 e. The maximum absolute atomic E-state index is 10.7. The van der Waals surface area contributed by atoms with Gasteiger partial charge in [0.15, 0.2) is 6.29 Å². The summed E-state index contributed by atoms with van der Waals surface area (Å²) in [7, 11) is 1.34. The molecule has 0 aliphatic carbocycles. The van der Waals surface area contributed by atoms with Crippen molar-refractivity contribution in [2.45, 2.75) is 51.2 Å². The first-order valence-electron chi connectivity index (χ1n) is 6.63. The third-order valence-corrected chi connectivity index (χ3v) is 2.76. The van der Waals surface area contributed by atoms with Crippen molar-refractivity contribution >= 4 is 5.97 Å². The standard InChI is InChI=1S/C14H22O4/c1-16-13(15)9-5-3-2-4-7-11-17-14-10-6-8-12-18-14/h14H,2-4,6-8,10-12H2,1H3. The fraction of sp³-hybridized carbons (Fsp3) is 0.786. The van der Waals surface area contributed by atoms with Gasteiger partial charge in [-0.05, 0) is 32.1 Å². The van der Waals surface area contributed by atoms with Gasteiger partial charge in [-0.1, -0.05) is 12.3 Å². The van der Waals surface area contributed by atoms with Crippen molar-refractivity contribution in [2.24, 2.45) is 0 Å². The van der Waals surface area contributed by atoms with E-state index in [4.69, 9.17) is 9.47 Å². The van der Waals surface area contributed by atoms with E-state index in [0.29, 0.717) is 0 Å². The SMILES string of the molecule is COC(=O)C#CCCCCCOC1CCCCO1. The lowest BCUT2D eigenvalue weighted by molar-refractivity contribution is -0.162. The van der Waals surface area contributed by atoms with Gasteiger partial charge < -0.3 is 14.2 Å². The minimum atomic E-state index is -0.465. The van der Waals surface area contributed by atoms with Gasteiger partial charge in [0.25, 0.3) is 0 Å². The van der Waals surface area contributed by atoms with E-state index in [2.05, 4.69) is 16.6 Å². The number of hydrogen-bond acceptors (Lipinski definition) is 4. The van der Waals surface area contributed by atoms with Crippen LogP contribution in [-0.2, 0) is 19.0 Å². The average molecular weight is 254 g/mol. The molecular formula is C14H22O4. The van der Waals surface area contributed by atoms with Gasteiger partial charge in [-0.25, -0.2) is 4.79 Å². The molecule has 1 atom stereocenters. The normalized spacial score (nSPS) is 18.8. The molecule has 0 radical (unpaired) electrons. The molecule has 1 aliphatic heterocycles. The van der Waals surface area contributed by atoms with E-state index in [0.717, 1.165) is 51.7 Å². The Morgan fingerprint density at radius 3 is 2.94 bits per heavy atom. The molecule has 0 aromatic carbocycles. The first-order valence-corrected chi connectivity index (χ1v) is 6.63. The molecular weight excluding hydrogens is 232 g/mol. The predicted molar refractivity (Wildman–Crippen MR) is 67.8 cm³/mol. The molecule has 1 fully saturated rings. The predicted octanol–water partition coefficient (Wildman–Crippen LogP) is 2.27. The van der Waals surface area contributed by atoms with Crippen LogP contribution in [-0.4, -0.2) is 32.6 Å². The summed E-state index contributed by atoms with van der Waals surface area (Å²) in [6.07, 6.45) is 7.17. The Hall–Kier alpha value is -1.05. The summed E-state index contributed by atoms with van der Waals surface area (Å²) in [5.41, 5.74) is 0. The Kier molecular flexibility index (Phi) is 8.28. The van der Waals surface area contributed by atoms with Crippen LogP contribution in [0.25, 0.3) is 0 Å². The summed E-state index contributed by atoms with van der Waals surface area (Å²) in [6, 6.07) is 0. The van der Waals surface area contributed by atoms with Gasteiger partial charge >= 0.3 is 5.97 Å². The molecule has 18 heavy (non-hydrogen) atoms. The maximum atomic E-state index is 10.7. The molecule has 1 saturated heterocycles. The highest BCUT2D eigenvalue weighted by molar-refractivity contribution is 5.88. The summed E-state index contributed by atoms with van der Waals surface area (Å²) in [6.45, 7) is 1.57. The van der Waals surface area contributed by atoms with Crippen LogP contribution in [0.5, 0.6) is 0 Å². The van der Waals surface area contributed by atoms with Crippen LogP contribution in [0.1, 0.15) is 44.9 Å². The van der Waals surface area contributed by atoms with Crippen molar-refractivity contribution in [3.8, 4) is 11.8 Å². The smallest absolute Gasteiger partial charge is 0.384 e. The molecule has 102 valence electrons. The summed E-state index contributed by atoms with van der Waals surface area (Å²) < 4.78 is 15.5. The van der Waals surface area contributed by atoms with E-state index in [-0.39, 0.29) is 6.29 Å². The van der Waals surface area contributed by atoms with E-state index in [1.807, 2.05) is 0 Å². The fourth-order valence-corrected chi connectivity index (χ4v) is 1.74. The lowest BCUT2D eigenvalue weighted by Crippen LogP contribution is -2.22. The summed E-state index contributed by atoms with van der Waals surface area (Å²) in [4.78, 5) is 10.7. The Bertz CT molecular complexity index is 284. The zero-order chi connectivity index (χ0) is 13.1. The lowest BCUT2D eigenvalue weighted by atomic mass is 10.2. The van der Waals surface area contributed by atoms with Gasteiger partial charge in [0, 0.05) is 25.6 Å². The van der Waals surface area contributed by atoms with E-state index in [1.165, 1.54) is 13.5 Å². The van der Waals surface area contributed by atoms with Crippen LogP contribution in [0, 0.1) is 11.8 Å². The highest BCUT2D eigenvalue weighted by Gasteiger charge is 2.12. The van der Waals surface area contributed by atoms with Crippen molar-refractivity contribution in [1.82, 2.24) is 0 Å². The Balaban J connectivity index is 1.88. The van der Waals surface area contributed by atoms with Gasteiger partial charge in [-0.15, -0.1) is 0 Å². The molecule has 0 saturated carbocycles. The first-order chi connectivity index (χ1) is 8.83. The van der Waals surface area contributed by atoms with E-state index in [9.17, 15) is 4.79 Å². The van der Waals surface area contributed by atoms with Crippen LogP contribution >= 0.6 is 0 Å². The number of hydrogen-bond donors (Lipinski definition) is 0. The number of ether oxygens (including phenoxy) is 3. The third-order valence-electron chi connectivity index (χ3n) is 2.76. The van der Waals surface area contributed by atoms with Crippen LogP contribution in [0.4, 0.5) is 0 Å². The molecule has 1 unspecified atom stereocenters. The van der Waals surface area contributed by atoms with Crippen molar-refractivity contribution in [2.75, 3.05) is 20.3 Å². The summed E-state index contributed by atoms with van der Waals surface area (Å²) in [5, 5.41) is 0. The molecule has 0 aromatic rings. The Morgan fingerprint density at radius 1 is 1.33 bits per heavy atom. The molecule has 0 amide bonds. The molecule has 0 bridgehead atoms. The number of methoxy groups -OCH3 is 1. The second-order valence-corrected chi connectivity index (χ2v) is 4.27. The van der Waals surface area contributed by atoms with Crippen LogP contribution in [0.15, 0.2) is 0 Å². The highest BCUT2D eigenvalue weighted by atomic mass is 16.7. The summed E-state index contributed by atoms with van der Waals surface area (Å²) in [5.74, 6) is 4.73. The minimum absolute atomic E-state index is 0.0119. The van der Waals surface area contributed by atoms with E-state index < -0.39 is 5.97 Å². The Labute approximate surface area is 109 Å². The number of unbranched alkanes of at least 4 members (excludes halogenated alkanes) is 3. The zero-order valence-electron chi connectivity index (χ0n) is 11.1.